The van der Waals surface area contributed by atoms with Crippen molar-refractivity contribution >= 4 is 0 Å². The van der Waals surface area contributed by atoms with Crippen LogP contribution in [0, 0.1) is 6.92 Å². The average Bonchev–Trinajstić information content (AvgIpc) is 2.49. The molecule has 0 spiro atoms. The Morgan fingerprint density at radius 2 is 1.87 bits per heavy atom. The Balaban J connectivity index is 1.86. The predicted molar refractivity (Wildman–Crippen MR) is 95.4 cm³/mol. The second-order valence-electron chi connectivity index (χ2n) is 7.65. The number of quaternary nitrogens is 1. The highest BCUT2D eigenvalue weighted by Crippen LogP contribution is 2.23. The summed E-state index contributed by atoms with van der Waals surface area (Å²) in [7, 11) is 0. The maximum atomic E-state index is 10.4. The van der Waals surface area contributed by atoms with Crippen LogP contribution >= 0.6 is 0 Å². The molecule has 1 saturated heterocycles. The van der Waals surface area contributed by atoms with Crippen molar-refractivity contribution in [1.29, 1.82) is 0 Å². The van der Waals surface area contributed by atoms with Crippen molar-refractivity contribution in [1.82, 2.24) is 0 Å². The highest BCUT2D eigenvalue weighted by atomic mass is 16.5. The lowest BCUT2D eigenvalue weighted by molar-refractivity contribution is -0.954. The summed E-state index contributed by atoms with van der Waals surface area (Å²) >= 11 is 0. The molecule has 0 unspecified atom stereocenters. The number of nitrogens with one attached hydrogen (secondary N) is 1. The lowest BCUT2D eigenvalue weighted by atomic mass is 9.97. The number of piperidine rings is 1. The maximum absolute atomic E-state index is 10.4. The summed E-state index contributed by atoms with van der Waals surface area (Å²) in [6.07, 6.45) is 3.45. The number of hydrogen-bond donors (Lipinski definition) is 2. The smallest absolute Gasteiger partial charge is 0.137 e. The molecule has 2 N–H and O–H groups in total. The lowest BCUT2D eigenvalue weighted by Gasteiger charge is -2.36. The zero-order chi connectivity index (χ0) is 17.0. The Morgan fingerprint density at radius 3 is 2.43 bits per heavy atom. The van der Waals surface area contributed by atoms with E-state index >= 15 is 0 Å². The number of hydrogen-bond acceptors (Lipinski definition) is 2. The Morgan fingerprint density at radius 1 is 1.22 bits per heavy atom. The van der Waals surface area contributed by atoms with Crippen molar-refractivity contribution in [3.05, 3.63) is 29.3 Å². The largest absolute Gasteiger partial charge is 0.491 e. The summed E-state index contributed by atoms with van der Waals surface area (Å²) in [6.45, 7) is 12.3. The minimum atomic E-state index is -0.405. The molecule has 1 aromatic carbocycles. The summed E-state index contributed by atoms with van der Waals surface area (Å²) in [6, 6.07) is 7.53. The minimum absolute atomic E-state index is 0.378. The van der Waals surface area contributed by atoms with Crippen LogP contribution in [0.1, 0.15) is 64.0 Å². The van der Waals surface area contributed by atoms with Gasteiger partial charge >= 0.3 is 0 Å². The zero-order valence-electron chi connectivity index (χ0n) is 15.4. The van der Waals surface area contributed by atoms with Gasteiger partial charge < -0.3 is 14.7 Å². The molecule has 0 bridgehead atoms. The molecular formula is C20H34NO2+. The Bertz CT molecular complexity index is 490. The van der Waals surface area contributed by atoms with Crippen LogP contribution in [0.4, 0.5) is 0 Å². The summed E-state index contributed by atoms with van der Waals surface area (Å²) in [5.41, 5.74) is 2.62. The first-order valence-corrected chi connectivity index (χ1v) is 9.15. The molecule has 3 atom stereocenters. The Hall–Kier alpha value is -1.06. The van der Waals surface area contributed by atoms with Crippen LogP contribution in [0.5, 0.6) is 5.75 Å². The van der Waals surface area contributed by atoms with Gasteiger partial charge in [0, 0.05) is 0 Å². The number of benzene rings is 1. The Labute approximate surface area is 141 Å². The van der Waals surface area contributed by atoms with Gasteiger partial charge in [0.25, 0.3) is 0 Å². The Kier molecular flexibility index (Phi) is 6.49. The zero-order valence-corrected chi connectivity index (χ0v) is 15.4. The van der Waals surface area contributed by atoms with E-state index in [1.165, 1.54) is 35.3 Å². The summed E-state index contributed by atoms with van der Waals surface area (Å²) < 4.78 is 5.83. The van der Waals surface area contributed by atoms with Gasteiger partial charge in [0.15, 0.2) is 0 Å². The molecular weight excluding hydrogens is 286 g/mol. The van der Waals surface area contributed by atoms with Gasteiger partial charge in [-0.05, 0) is 69.2 Å². The fourth-order valence-electron chi connectivity index (χ4n) is 3.90. The second-order valence-corrected chi connectivity index (χ2v) is 7.65. The van der Waals surface area contributed by atoms with Gasteiger partial charge in [-0.15, -0.1) is 0 Å². The van der Waals surface area contributed by atoms with Crippen molar-refractivity contribution in [2.24, 2.45) is 0 Å². The minimum Gasteiger partial charge on any atom is -0.491 e. The van der Waals surface area contributed by atoms with Crippen molar-refractivity contribution in [2.45, 2.75) is 78.0 Å². The average molecular weight is 320 g/mol. The molecule has 23 heavy (non-hydrogen) atoms. The van der Waals surface area contributed by atoms with Crippen LogP contribution in [0.15, 0.2) is 18.2 Å². The van der Waals surface area contributed by atoms with E-state index in [1.54, 1.807) is 0 Å². The fourth-order valence-corrected chi connectivity index (χ4v) is 3.90. The number of aliphatic hydroxyl groups is 1. The molecule has 3 nitrogen and oxygen atoms in total. The predicted octanol–water partition coefficient (Wildman–Crippen LogP) is 2.70. The number of rotatable bonds is 6. The van der Waals surface area contributed by atoms with Crippen molar-refractivity contribution in [2.75, 3.05) is 13.2 Å². The monoisotopic (exact) mass is 320 g/mol. The molecule has 0 saturated carbocycles. The van der Waals surface area contributed by atoms with Crippen LogP contribution < -0.4 is 9.64 Å². The lowest BCUT2D eigenvalue weighted by Crippen LogP contribution is -3.20. The van der Waals surface area contributed by atoms with E-state index in [0.29, 0.717) is 24.6 Å². The highest BCUT2D eigenvalue weighted by molar-refractivity contribution is 5.36. The van der Waals surface area contributed by atoms with Crippen LogP contribution in [-0.2, 0) is 0 Å². The SMILES string of the molecule is Cc1cc(OC[C@@H](O)C[NH+]2[C@@H](C)CCC[C@@H]2C)ccc1C(C)C. The summed E-state index contributed by atoms with van der Waals surface area (Å²) in [5.74, 6) is 1.39. The van der Waals surface area contributed by atoms with E-state index in [4.69, 9.17) is 4.74 Å². The number of aryl methyl sites for hydroxylation is 1. The molecule has 1 fully saturated rings. The van der Waals surface area contributed by atoms with Gasteiger partial charge in [0.1, 0.15) is 25.0 Å². The van der Waals surface area contributed by atoms with Crippen molar-refractivity contribution < 1.29 is 14.7 Å². The van der Waals surface area contributed by atoms with E-state index < -0.39 is 6.10 Å². The van der Waals surface area contributed by atoms with E-state index in [2.05, 4.69) is 46.8 Å². The van der Waals surface area contributed by atoms with Gasteiger partial charge in [0.05, 0.1) is 12.1 Å². The molecule has 1 aliphatic heterocycles. The van der Waals surface area contributed by atoms with Gasteiger partial charge in [-0.2, -0.15) is 0 Å². The van der Waals surface area contributed by atoms with Crippen molar-refractivity contribution in [3.63, 3.8) is 0 Å². The van der Waals surface area contributed by atoms with E-state index in [-0.39, 0.29) is 0 Å². The first-order valence-electron chi connectivity index (χ1n) is 9.15. The molecule has 1 heterocycles. The van der Waals surface area contributed by atoms with Gasteiger partial charge in [-0.25, -0.2) is 0 Å². The summed E-state index contributed by atoms with van der Waals surface area (Å²) in [5, 5.41) is 10.4. The maximum Gasteiger partial charge on any atom is 0.137 e. The molecule has 130 valence electrons. The quantitative estimate of drug-likeness (QED) is 0.845. The van der Waals surface area contributed by atoms with Gasteiger partial charge in [-0.3, -0.25) is 0 Å². The molecule has 2 rings (SSSR count). The van der Waals surface area contributed by atoms with Gasteiger partial charge in [0.2, 0.25) is 0 Å². The third kappa shape index (κ3) is 4.95. The standard InChI is InChI=1S/C20H33NO2/c1-14(2)20-10-9-19(11-15(20)3)23-13-18(22)12-21-16(4)7-6-8-17(21)5/h9-11,14,16-18,22H,6-8,12-13H2,1-5H3/p+1/t16-,17-,18-/m0/s1. The van der Waals surface area contributed by atoms with E-state index in [1.807, 2.05) is 6.07 Å². The molecule has 1 aliphatic rings. The van der Waals surface area contributed by atoms with Crippen LogP contribution in [0.2, 0.25) is 0 Å². The van der Waals surface area contributed by atoms with Crippen molar-refractivity contribution in [3.8, 4) is 5.75 Å². The van der Waals surface area contributed by atoms with Crippen LogP contribution in [0.25, 0.3) is 0 Å². The normalized spacial score (nSPS) is 24.0. The molecule has 1 aromatic rings. The fraction of sp³-hybridized carbons (Fsp3) is 0.700. The molecule has 0 aromatic heterocycles. The van der Waals surface area contributed by atoms with Crippen LogP contribution in [0.3, 0.4) is 0 Å². The van der Waals surface area contributed by atoms with Gasteiger partial charge in [-0.1, -0.05) is 19.9 Å². The van der Waals surface area contributed by atoms with Crippen LogP contribution in [-0.4, -0.2) is 36.4 Å². The molecule has 0 radical (unpaired) electrons. The summed E-state index contributed by atoms with van der Waals surface area (Å²) in [4.78, 5) is 1.53. The first-order chi connectivity index (χ1) is 10.9. The number of aliphatic hydroxyl groups excluding tert-OH is 1. The van der Waals surface area contributed by atoms with E-state index in [9.17, 15) is 5.11 Å². The number of likely N-dealkylation sites (tertiary alicyclic amines) is 1. The molecule has 0 aliphatic carbocycles. The van der Waals surface area contributed by atoms with E-state index in [0.717, 1.165) is 12.3 Å². The first kappa shape index (κ1) is 18.3. The molecule has 3 heteroatoms. The third-order valence-electron chi connectivity index (χ3n) is 5.32. The third-order valence-corrected chi connectivity index (χ3v) is 5.32. The topological polar surface area (TPSA) is 33.9 Å². The highest BCUT2D eigenvalue weighted by Gasteiger charge is 2.30. The second kappa shape index (κ2) is 8.16. The number of ether oxygens (including phenoxy) is 1. The molecule has 0 amide bonds.